The second-order valence-corrected chi connectivity index (χ2v) is 6.64. The minimum Gasteiger partial charge on any atom is -0.329 e. The maximum Gasteiger partial charge on any atom is 0.416 e. The van der Waals surface area contributed by atoms with E-state index in [2.05, 4.69) is 9.97 Å². The summed E-state index contributed by atoms with van der Waals surface area (Å²) in [5.41, 5.74) is -0.821. The van der Waals surface area contributed by atoms with Crippen LogP contribution in [0.2, 0.25) is 0 Å². The summed E-state index contributed by atoms with van der Waals surface area (Å²) >= 11 is 0. The fourth-order valence-electron chi connectivity index (χ4n) is 2.85. The monoisotopic (exact) mass is 389 g/mol. The molecular formula is C20H18F3N3O2. The van der Waals surface area contributed by atoms with Gasteiger partial charge in [-0.05, 0) is 44.2 Å². The summed E-state index contributed by atoms with van der Waals surface area (Å²) in [7, 11) is 0. The van der Waals surface area contributed by atoms with Crippen molar-refractivity contribution in [3.05, 3.63) is 75.8 Å². The minimum absolute atomic E-state index is 0.0349. The van der Waals surface area contributed by atoms with Crippen LogP contribution >= 0.6 is 0 Å². The van der Waals surface area contributed by atoms with Crippen molar-refractivity contribution in [1.29, 1.82) is 0 Å². The van der Waals surface area contributed by atoms with Gasteiger partial charge < -0.3 is 9.88 Å². The molecule has 1 heterocycles. The van der Waals surface area contributed by atoms with Gasteiger partial charge in [-0.1, -0.05) is 18.2 Å². The van der Waals surface area contributed by atoms with E-state index in [9.17, 15) is 22.8 Å². The van der Waals surface area contributed by atoms with Crippen molar-refractivity contribution in [2.45, 2.75) is 32.6 Å². The normalized spacial score (nSPS) is 11.8. The fourth-order valence-corrected chi connectivity index (χ4v) is 2.85. The van der Waals surface area contributed by atoms with Crippen LogP contribution in [0, 0.1) is 0 Å². The van der Waals surface area contributed by atoms with Crippen LogP contribution in [0.1, 0.15) is 35.6 Å². The van der Waals surface area contributed by atoms with Crippen molar-refractivity contribution in [3.8, 4) is 0 Å². The SMILES string of the molecule is CC(C)N(Cc1nc2ccccc2c(=O)[nH]1)C(=O)c1cccc(C(F)(F)F)c1. The molecule has 3 rings (SSSR count). The molecule has 0 unspecified atom stereocenters. The van der Waals surface area contributed by atoms with E-state index in [1.807, 2.05) is 0 Å². The quantitative estimate of drug-likeness (QED) is 0.734. The van der Waals surface area contributed by atoms with Crippen LogP contribution in [-0.2, 0) is 12.7 Å². The summed E-state index contributed by atoms with van der Waals surface area (Å²) < 4.78 is 38.9. The standard InChI is InChI=1S/C20H18F3N3O2/c1-12(2)26(19(28)13-6-5-7-14(10-13)20(21,22)23)11-17-24-16-9-4-3-8-15(16)18(27)25-17/h3-10,12H,11H2,1-2H3,(H,24,25,27). The lowest BCUT2D eigenvalue weighted by atomic mass is 10.1. The van der Waals surface area contributed by atoms with E-state index in [0.29, 0.717) is 10.9 Å². The number of amides is 1. The van der Waals surface area contributed by atoms with Gasteiger partial charge in [-0.25, -0.2) is 4.98 Å². The van der Waals surface area contributed by atoms with Gasteiger partial charge in [-0.15, -0.1) is 0 Å². The summed E-state index contributed by atoms with van der Waals surface area (Å²) in [6, 6.07) is 10.7. The molecule has 0 aliphatic carbocycles. The molecule has 0 saturated carbocycles. The first-order valence-electron chi connectivity index (χ1n) is 8.63. The molecule has 0 spiro atoms. The largest absolute Gasteiger partial charge is 0.416 e. The van der Waals surface area contributed by atoms with Gasteiger partial charge >= 0.3 is 6.18 Å². The van der Waals surface area contributed by atoms with Gasteiger partial charge in [0.15, 0.2) is 0 Å². The van der Waals surface area contributed by atoms with Crippen molar-refractivity contribution in [2.75, 3.05) is 0 Å². The van der Waals surface area contributed by atoms with Crippen LogP contribution in [0.5, 0.6) is 0 Å². The number of hydrogen-bond donors (Lipinski definition) is 1. The van der Waals surface area contributed by atoms with Gasteiger partial charge in [0.1, 0.15) is 5.82 Å². The highest BCUT2D eigenvalue weighted by molar-refractivity contribution is 5.94. The van der Waals surface area contributed by atoms with Crippen LogP contribution in [0.25, 0.3) is 10.9 Å². The third-order valence-electron chi connectivity index (χ3n) is 4.30. The summed E-state index contributed by atoms with van der Waals surface area (Å²) in [5.74, 6) is -0.311. The molecular weight excluding hydrogens is 371 g/mol. The topological polar surface area (TPSA) is 66.1 Å². The predicted octanol–water partition coefficient (Wildman–Crippen LogP) is 3.99. The molecule has 5 nitrogen and oxygen atoms in total. The molecule has 8 heteroatoms. The second-order valence-electron chi connectivity index (χ2n) is 6.64. The number of carbonyl (C=O) groups is 1. The fraction of sp³-hybridized carbons (Fsp3) is 0.250. The first kappa shape index (κ1) is 19.6. The number of fused-ring (bicyclic) bond motifs is 1. The van der Waals surface area contributed by atoms with E-state index >= 15 is 0 Å². The number of hydrogen-bond acceptors (Lipinski definition) is 3. The smallest absolute Gasteiger partial charge is 0.329 e. The van der Waals surface area contributed by atoms with Gasteiger partial charge in [0.2, 0.25) is 0 Å². The summed E-state index contributed by atoms with van der Waals surface area (Å²) in [4.78, 5) is 33.4. The molecule has 0 bridgehead atoms. The van der Waals surface area contributed by atoms with E-state index in [1.165, 1.54) is 17.0 Å². The molecule has 1 amide bonds. The molecule has 3 aromatic rings. The van der Waals surface area contributed by atoms with E-state index in [-0.39, 0.29) is 29.5 Å². The molecule has 0 atom stereocenters. The Bertz CT molecular complexity index is 1070. The first-order chi connectivity index (χ1) is 13.2. The number of alkyl halides is 3. The van der Waals surface area contributed by atoms with Gasteiger partial charge in [0.25, 0.3) is 11.5 Å². The first-order valence-corrected chi connectivity index (χ1v) is 8.63. The summed E-state index contributed by atoms with van der Waals surface area (Å²) in [5, 5.41) is 0.423. The highest BCUT2D eigenvalue weighted by Gasteiger charge is 2.31. The molecule has 0 aliphatic rings. The number of aromatic amines is 1. The van der Waals surface area contributed by atoms with Crippen molar-refractivity contribution >= 4 is 16.8 Å². The number of nitrogens with zero attached hydrogens (tertiary/aromatic N) is 2. The van der Waals surface area contributed by atoms with Crippen molar-refractivity contribution < 1.29 is 18.0 Å². The molecule has 0 fully saturated rings. The zero-order valence-corrected chi connectivity index (χ0v) is 15.2. The van der Waals surface area contributed by atoms with E-state index < -0.39 is 17.6 Å². The van der Waals surface area contributed by atoms with E-state index in [1.54, 1.807) is 38.1 Å². The Morgan fingerprint density at radius 1 is 1.14 bits per heavy atom. The maximum absolute atomic E-state index is 13.0. The highest BCUT2D eigenvalue weighted by Crippen LogP contribution is 2.30. The van der Waals surface area contributed by atoms with Crippen LogP contribution in [0.4, 0.5) is 13.2 Å². The average molecular weight is 389 g/mol. The van der Waals surface area contributed by atoms with Crippen molar-refractivity contribution in [1.82, 2.24) is 14.9 Å². The number of H-pyrrole nitrogens is 1. The van der Waals surface area contributed by atoms with Gasteiger partial charge in [0, 0.05) is 11.6 Å². The Morgan fingerprint density at radius 3 is 2.54 bits per heavy atom. The molecule has 0 radical (unpaired) electrons. The molecule has 146 valence electrons. The number of aromatic nitrogens is 2. The van der Waals surface area contributed by atoms with Gasteiger partial charge in [-0.3, -0.25) is 9.59 Å². The Morgan fingerprint density at radius 2 is 1.86 bits per heavy atom. The van der Waals surface area contributed by atoms with Crippen LogP contribution < -0.4 is 5.56 Å². The second kappa shape index (κ2) is 7.46. The Balaban J connectivity index is 1.94. The Kier molecular flexibility index (Phi) is 5.22. The number of halogens is 3. The third kappa shape index (κ3) is 4.05. The number of para-hydroxylation sites is 1. The average Bonchev–Trinajstić information content (AvgIpc) is 2.65. The molecule has 28 heavy (non-hydrogen) atoms. The lowest BCUT2D eigenvalue weighted by Gasteiger charge is -2.26. The third-order valence-corrected chi connectivity index (χ3v) is 4.30. The van der Waals surface area contributed by atoms with Crippen LogP contribution in [0.15, 0.2) is 53.3 Å². The minimum atomic E-state index is -4.54. The molecule has 0 aliphatic heterocycles. The van der Waals surface area contributed by atoms with Crippen molar-refractivity contribution in [2.24, 2.45) is 0 Å². The number of carbonyl (C=O) groups excluding carboxylic acids is 1. The molecule has 0 saturated heterocycles. The van der Waals surface area contributed by atoms with E-state index in [0.717, 1.165) is 12.1 Å². The van der Waals surface area contributed by atoms with Crippen molar-refractivity contribution in [3.63, 3.8) is 0 Å². The zero-order valence-electron chi connectivity index (χ0n) is 15.2. The van der Waals surface area contributed by atoms with Gasteiger partial charge in [-0.2, -0.15) is 13.2 Å². The number of nitrogens with one attached hydrogen (secondary N) is 1. The Hall–Kier alpha value is -3.16. The molecule has 2 aromatic carbocycles. The Labute approximate surface area is 158 Å². The van der Waals surface area contributed by atoms with Gasteiger partial charge in [0.05, 0.1) is 23.0 Å². The highest BCUT2D eigenvalue weighted by atomic mass is 19.4. The van der Waals surface area contributed by atoms with E-state index in [4.69, 9.17) is 0 Å². The number of rotatable bonds is 4. The lowest BCUT2D eigenvalue weighted by Crippen LogP contribution is -2.37. The van der Waals surface area contributed by atoms with Crippen LogP contribution in [-0.4, -0.2) is 26.8 Å². The molecule has 1 N–H and O–H groups in total. The lowest BCUT2D eigenvalue weighted by molar-refractivity contribution is -0.137. The van der Waals surface area contributed by atoms with Crippen LogP contribution in [0.3, 0.4) is 0 Å². The number of benzene rings is 2. The summed E-state index contributed by atoms with van der Waals surface area (Å²) in [6.07, 6.45) is -4.54. The zero-order chi connectivity index (χ0) is 20.5. The summed E-state index contributed by atoms with van der Waals surface area (Å²) in [6.45, 7) is 3.45. The predicted molar refractivity (Wildman–Crippen MR) is 98.8 cm³/mol. The maximum atomic E-state index is 13.0. The molecule has 1 aromatic heterocycles.